The first-order valence-corrected chi connectivity index (χ1v) is 7.32. The predicted octanol–water partition coefficient (Wildman–Crippen LogP) is 3.34. The number of aryl methyl sites for hydroxylation is 1. The third-order valence-electron chi connectivity index (χ3n) is 3.64. The van der Waals surface area contributed by atoms with Gasteiger partial charge in [-0.15, -0.1) is 0 Å². The highest BCUT2D eigenvalue weighted by molar-refractivity contribution is 5.30. The van der Waals surface area contributed by atoms with E-state index < -0.39 is 0 Å². The Morgan fingerprint density at radius 1 is 1.05 bits per heavy atom. The lowest BCUT2D eigenvalue weighted by Crippen LogP contribution is -2.31. The van der Waals surface area contributed by atoms with Crippen molar-refractivity contribution in [2.75, 3.05) is 0 Å². The second-order valence-corrected chi connectivity index (χ2v) is 5.32. The molecule has 3 nitrogen and oxygen atoms in total. The number of hydrogen-bond donors (Lipinski definition) is 2. The molecule has 0 saturated carbocycles. The standard InChI is InChI=1S/C18H23NO2/c1-3-17(19)18(15-8-4-13(2)5-9-15)21-16-10-6-14(12-20)7-11-16/h4-11,17-18,20H,3,12,19H2,1-2H3. The molecule has 21 heavy (non-hydrogen) atoms. The van der Waals surface area contributed by atoms with E-state index in [0.717, 1.165) is 23.3 Å². The molecule has 2 unspecified atom stereocenters. The van der Waals surface area contributed by atoms with Gasteiger partial charge in [-0.3, -0.25) is 0 Å². The number of hydrogen-bond acceptors (Lipinski definition) is 3. The van der Waals surface area contributed by atoms with E-state index in [1.165, 1.54) is 5.56 Å². The van der Waals surface area contributed by atoms with Crippen LogP contribution in [0.3, 0.4) is 0 Å². The lowest BCUT2D eigenvalue weighted by atomic mass is 9.99. The quantitative estimate of drug-likeness (QED) is 0.856. The summed E-state index contributed by atoms with van der Waals surface area (Å²) in [5.74, 6) is 0.765. The molecule has 2 aromatic rings. The Kier molecular flexibility index (Phi) is 5.37. The van der Waals surface area contributed by atoms with Crippen LogP contribution in [0.2, 0.25) is 0 Å². The summed E-state index contributed by atoms with van der Waals surface area (Å²) in [6, 6.07) is 15.7. The summed E-state index contributed by atoms with van der Waals surface area (Å²) in [6.07, 6.45) is 0.670. The van der Waals surface area contributed by atoms with E-state index >= 15 is 0 Å². The monoisotopic (exact) mass is 285 g/mol. The van der Waals surface area contributed by atoms with Crippen molar-refractivity contribution in [1.82, 2.24) is 0 Å². The third kappa shape index (κ3) is 4.06. The Labute approximate surface area is 126 Å². The van der Waals surface area contributed by atoms with Gasteiger partial charge >= 0.3 is 0 Å². The van der Waals surface area contributed by atoms with E-state index in [0.29, 0.717) is 0 Å². The number of aliphatic hydroxyl groups is 1. The molecule has 2 atom stereocenters. The number of benzene rings is 2. The van der Waals surface area contributed by atoms with Crippen molar-refractivity contribution in [3.63, 3.8) is 0 Å². The molecule has 0 aliphatic heterocycles. The molecule has 0 bridgehead atoms. The normalized spacial score (nSPS) is 13.7. The maximum Gasteiger partial charge on any atom is 0.139 e. The van der Waals surface area contributed by atoms with Gasteiger partial charge in [0.05, 0.1) is 6.61 Å². The third-order valence-corrected chi connectivity index (χ3v) is 3.64. The van der Waals surface area contributed by atoms with Crippen LogP contribution in [0, 0.1) is 6.92 Å². The Morgan fingerprint density at radius 3 is 2.19 bits per heavy atom. The van der Waals surface area contributed by atoms with Gasteiger partial charge in [0.2, 0.25) is 0 Å². The van der Waals surface area contributed by atoms with Gasteiger partial charge in [-0.1, -0.05) is 48.9 Å². The maximum atomic E-state index is 9.08. The number of ether oxygens (including phenoxy) is 1. The number of nitrogens with two attached hydrogens (primary N) is 1. The molecule has 0 fully saturated rings. The van der Waals surface area contributed by atoms with Crippen LogP contribution in [-0.4, -0.2) is 11.1 Å². The van der Waals surface area contributed by atoms with Gasteiger partial charge in [0.15, 0.2) is 0 Å². The van der Waals surface area contributed by atoms with Crippen molar-refractivity contribution in [3.05, 3.63) is 65.2 Å². The molecule has 0 amide bonds. The molecule has 112 valence electrons. The Balaban J connectivity index is 2.21. The molecule has 0 aliphatic rings. The van der Waals surface area contributed by atoms with Gasteiger partial charge in [-0.05, 0) is 36.6 Å². The average Bonchev–Trinajstić information content (AvgIpc) is 2.53. The minimum atomic E-state index is -0.171. The SMILES string of the molecule is CCC(N)C(Oc1ccc(CO)cc1)c1ccc(C)cc1. The summed E-state index contributed by atoms with van der Waals surface area (Å²) in [5, 5.41) is 9.08. The summed E-state index contributed by atoms with van der Waals surface area (Å²) in [6.45, 7) is 4.16. The summed E-state index contributed by atoms with van der Waals surface area (Å²) in [5.41, 5.74) is 9.40. The zero-order valence-corrected chi connectivity index (χ0v) is 12.6. The molecule has 0 aromatic heterocycles. The van der Waals surface area contributed by atoms with Crippen LogP contribution in [0.5, 0.6) is 5.75 Å². The van der Waals surface area contributed by atoms with E-state index in [9.17, 15) is 0 Å². The fourth-order valence-electron chi connectivity index (χ4n) is 2.19. The first-order chi connectivity index (χ1) is 10.1. The average molecular weight is 285 g/mol. The highest BCUT2D eigenvalue weighted by Crippen LogP contribution is 2.26. The van der Waals surface area contributed by atoms with Crippen LogP contribution in [0.25, 0.3) is 0 Å². The smallest absolute Gasteiger partial charge is 0.139 e. The van der Waals surface area contributed by atoms with Gasteiger partial charge in [-0.25, -0.2) is 0 Å². The molecule has 0 saturated heterocycles. The molecule has 3 N–H and O–H groups in total. The highest BCUT2D eigenvalue weighted by Gasteiger charge is 2.20. The second-order valence-electron chi connectivity index (χ2n) is 5.32. The van der Waals surface area contributed by atoms with Crippen LogP contribution in [0.4, 0.5) is 0 Å². The summed E-state index contributed by atoms with van der Waals surface area (Å²) in [7, 11) is 0. The molecule has 0 spiro atoms. The Morgan fingerprint density at radius 2 is 1.67 bits per heavy atom. The largest absolute Gasteiger partial charge is 0.484 e. The van der Waals surface area contributed by atoms with Crippen molar-refractivity contribution in [1.29, 1.82) is 0 Å². The van der Waals surface area contributed by atoms with Gasteiger partial charge in [0, 0.05) is 6.04 Å². The first kappa shape index (κ1) is 15.5. The van der Waals surface area contributed by atoms with Crippen LogP contribution in [-0.2, 0) is 6.61 Å². The van der Waals surface area contributed by atoms with Crippen LogP contribution in [0.1, 0.15) is 36.1 Å². The van der Waals surface area contributed by atoms with Crippen molar-refractivity contribution in [2.45, 2.75) is 39.0 Å². The van der Waals surface area contributed by atoms with E-state index in [2.05, 4.69) is 38.1 Å². The molecular formula is C18H23NO2. The summed E-state index contributed by atoms with van der Waals surface area (Å²) < 4.78 is 6.09. The number of aliphatic hydroxyl groups excluding tert-OH is 1. The Hall–Kier alpha value is -1.84. The van der Waals surface area contributed by atoms with E-state index in [-0.39, 0.29) is 18.8 Å². The summed E-state index contributed by atoms with van der Waals surface area (Å²) >= 11 is 0. The van der Waals surface area contributed by atoms with Crippen molar-refractivity contribution < 1.29 is 9.84 Å². The van der Waals surface area contributed by atoms with Crippen LogP contribution in [0.15, 0.2) is 48.5 Å². The highest BCUT2D eigenvalue weighted by atomic mass is 16.5. The molecule has 2 aromatic carbocycles. The topological polar surface area (TPSA) is 55.5 Å². The van der Waals surface area contributed by atoms with Gasteiger partial charge in [-0.2, -0.15) is 0 Å². The molecule has 0 radical (unpaired) electrons. The van der Waals surface area contributed by atoms with E-state index in [1.807, 2.05) is 24.3 Å². The van der Waals surface area contributed by atoms with Crippen molar-refractivity contribution in [2.24, 2.45) is 5.73 Å². The number of rotatable bonds is 6. The Bertz CT molecular complexity index is 548. The molecule has 3 heteroatoms. The zero-order chi connectivity index (χ0) is 15.2. The van der Waals surface area contributed by atoms with E-state index in [4.69, 9.17) is 15.6 Å². The second kappa shape index (κ2) is 7.25. The predicted molar refractivity (Wildman–Crippen MR) is 85.2 cm³/mol. The van der Waals surface area contributed by atoms with Gasteiger partial charge in [0.25, 0.3) is 0 Å². The molecule has 0 heterocycles. The van der Waals surface area contributed by atoms with E-state index in [1.54, 1.807) is 0 Å². The minimum absolute atomic E-state index is 0.0378. The van der Waals surface area contributed by atoms with Crippen molar-refractivity contribution in [3.8, 4) is 5.75 Å². The lowest BCUT2D eigenvalue weighted by molar-refractivity contribution is 0.171. The first-order valence-electron chi connectivity index (χ1n) is 7.32. The van der Waals surface area contributed by atoms with Gasteiger partial charge < -0.3 is 15.6 Å². The van der Waals surface area contributed by atoms with Crippen LogP contribution >= 0.6 is 0 Å². The maximum absolute atomic E-state index is 9.08. The summed E-state index contributed by atoms with van der Waals surface area (Å²) in [4.78, 5) is 0. The molecule has 0 aliphatic carbocycles. The van der Waals surface area contributed by atoms with Crippen LogP contribution < -0.4 is 10.5 Å². The van der Waals surface area contributed by atoms with Crippen molar-refractivity contribution >= 4 is 0 Å². The molecular weight excluding hydrogens is 262 g/mol. The fourth-order valence-corrected chi connectivity index (χ4v) is 2.19. The fraction of sp³-hybridized carbons (Fsp3) is 0.333. The minimum Gasteiger partial charge on any atom is -0.484 e. The lowest BCUT2D eigenvalue weighted by Gasteiger charge is -2.25. The van der Waals surface area contributed by atoms with Gasteiger partial charge in [0.1, 0.15) is 11.9 Å². The zero-order valence-electron chi connectivity index (χ0n) is 12.6. The molecule has 2 rings (SSSR count).